The van der Waals surface area contributed by atoms with Gasteiger partial charge in [0.05, 0.1) is 29.8 Å². The van der Waals surface area contributed by atoms with Crippen molar-refractivity contribution in [2.75, 3.05) is 19.8 Å². The van der Waals surface area contributed by atoms with Gasteiger partial charge in [-0.15, -0.1) is 0 Å². The Balaban J connectivity index is 2.30. The van der Waals surface area contributed by atoms with Crippen LogP contribution in [0.5, 0.6) is 0 Å². The number of benzene rings is 1. The molecule has 0 amide bonds. The van der Waals surface area contributed by atoms with Gasteiger partial charge >= 0.3 is 5.97 Å². The van der Waals surface area contributed by atoms with Crippen molar-refractivity contribution in [1.29, 1.82) is 0 Å². The molecule has 3 N–H and O–H groups in total. The number of pyridine rings is 1. The third-order valence-electron chi connectivity index (χ3n) is 4.39. The van der Waals surface area contributed by atoms with Crippen molar-refractivity contribution < 1.29 is 32.2 Å². The minimum Gasteiger partial charge on any atom is -0.462 e. The number of esters is 1. The fourth-order valence-corrected chi connectivity index (χ4v) is 3.28. The average Bonchev–Trinajstić information content (AvgIpc) is 2.72. The molecule has 166 valence electrons. The summed E-state index contributed by atoms with van der Waals surface area (Å²) in [6.07, 6.45) is 2.01. The Kier molecular flexibility index (Phi) is 6.27. The number of carbonyl (C=O) groups excluding carboxylic acids is 1. The molecule has 7 nitrogen and oxygen atoms in total. The molecule has 1 aliphatic heterocycles. The largest absolute Gasteiger partial charge is 0.462 e. The first-order chi connectivity index (χ1) is 14.6. The molecule has 0 aliphatic carbocycles. The summed E-state index contributed by atoms with van der Waals surface area (Å²) in [7, 11) is 0. The fraction of sp³-hybridized carbons (Fsp3) is 0.263. The molecule has 2 aromatic rings. The van der Waals surface area contributed by atoms with E-state index in [1.165, 1.54) is 6.92 Å². The first-order valence-corrected chi connectivity index (χ1v) is 9.33. The van der Waals surface area contributed by atoms with Gasteiger partial charge in [0.2, 0.25) is 5.43 Å². The lowest BCUT2D eigenvalue weighted by Crippen LogP contribution is -2.44. The first-order valence-electron chi connectivity index (χ1n) is 8.95. The second-order valence-electron chi connectivity index (χ2n) is 6.36. The van der Waals surface area contributed by atoms with E-state index in [1.807, 2.05) is 0 Å². The van der Waals surface area contributed by atoms with Gasteiger partial charge in [0, 0.05) is 25.0 Å². The number of hydrogen-bond acceptors (Lipinski definition) is 6. The zero-order chi connectivity index (χ0) is 22.9. The molecule has 1 aromatic heterocycles. The van der Waals surface area contributed by atoms with Crippen LogP contribution >= 0.6 is 11.6 Å². The number of dihydropyridines is 1. The predicted molar refractivity (Wildman–Crippen MR) is 104 cm³/mol. The van der Waals surface area contributed by atoms with Crippen molar-refractivity contribution in [2.24, 2.45) is 0 Å². The lowest BCUT2D eigenvalue weighted by atomic mass is 10.1. The van der Waals surface area contributed by atoms with E-state index in [1.54, 1.807) is 0 Å². The molecule has 1 unspecified atom stereocenters. The molecule has 0 spiro atoms. The highest BCUT2D eigenvalue weighted by Gasteiger charge is 2.36. The van der Waals surface area contributed by atoms with Gasteiger partial charge in [-0.25, -0.2) is 18.0 Å². The van der Waals surface area contributed by atoms with E-state index in [9.17, 15) is 22.8 Å². The number of nitrogens with one attached hydrogen (secondary N) is 2. The number of aromatic nitrogens is 1. The number of allylic oxidation sites excluding steroid dienone is 1. The Hall–Kier alpha value is -3.05. The highest BCUT2D eigenvalue weighted by molar-refractivity contribution is 6.35. The van der Waals surface area contributed by atoms with Crippen LogP contribution in [0.3, 0.4) is 0 Å². The van der Waals surface area contributed by atoms with Crippen LogP contribution in [0.1, 0.15) is 17.3 Å². The second kappa shape index (κ2) is 8.60. The second-order valence-corrected chi connectivity index (χ2v) is 6.74. The van der Waals surface area contributed by atoms with Crippen LogP contribution in [0, 0.1) is 11.6 Å². The fourth-order valence-electron chi connectivity index (χ4n) is 3.00. The number of alkyl halides is 1. The zero-order valence-electron chi connectivity index (χ0n) is 15.9. The quantitative estimate of drug-likeness (QED) is 0.265. The maximum absolute atomic E-state index is 15.8. The summed E-state index contributed by atoms with van der Waals surface area (Å²) in [5.41, 5.74) is -2.58. The maximum Gasteiger partial charge on any atom is 0.343 e. The minimum absolute atomic E-state index is 0.0294. The van der Waals surface area contributed by atoms with Crippen molar-refractivity contribution >= 4 is 28.5 Å². The number of rotatable bonds is 6. The van der Waals surface area contributed by atoms with E-state index in [0.717, 1.165) is 6.20 Å². The Morgan fingerprint density at radius 1 is 1.39 bits per heavy atom. The number of aliphatic hydroxyl groups excluding tert-OH is 1. The van der Waals surface area contributed by atoms with Gasteiger partial charge in [-0.2, -0.15) is 4.39 Å². The summed E-state index contributed by atoms with van der Waals surface area (Å²) < 4.78 is 63.7. The topological polar surface area (TPSA) is 92.6 Å². The summed E-state index contributed by atoms with van der Waals surface area (Å²) in [5.74, 6) is -8.28. The van der Waals surface area contributed by atoms with Gasteiger partial charge in [-0.3, -0.25) is 9.36 Å². The van der Waals surface area contributed by atoms with Crippen molar-refractivity contribution in [3.8, 4) is 0 Å². The van der Waals surface area contributed by atoms with Crippen LogP contribution < -0.4 is 16.1 Å². The monoisotopic (exact) mass is 461 g/mol. The third-order valence-corrected chi connectivity index (χ3v) is 4.74. The number of halogens is 5. The van der Waals surface area contributed by atoms with Crippen LogP contribution in [-0.4, -0.2) is 35.4 Å². The normalized spacial score (nSPS) is 18.3. The zero-order valence-corrected chi connectivity index (χ0v) is 16.7. The highest BCUT2D eigenvalue weighted by atomic mass is 35.5. The number of nitrogens with zero attached hydrogens (tertiary/aromatic N) is 1. The number of hydrogen-bond donors (Lipinski definition) is 3. The Labute approximate surface area is 177 Å². The number of aliphatic hydroxyl groups is 1. The smallest absolute Gasteiger partial charge is 0.343 e. The summed E-state index contributed by atoms with van der Waals surface area (Å²) >= 11 is 5.86. The van der Waals surface area contributed by atoms with Gasteiger partial charge in [0.25, 0.3) is 5.92 Å². The molecule has 0 saturated carbocycles. The van der Waals surface area contributed by atoms with Crippen LogP contribution in [0.15, 0.2) is 40.9 Å². The molecule has 0 fully saturated rings. The van der Waals surface area contributed by atoms with Gasteiger partial charge in [0.1, 0.15) is 10.6 Å². The van der Waals surface area contributed by atoms with Gasteiger partial charge < -0.3 is 20.5 Å². The summed E-state index contributed by atoms with van der Waals surface area (Å²) in [4.78, 5) is 24.9. The van der Waals surface area contributed by atoms with Crippen molar-refractivity contribution in [3.63, 3.8) is 0 Å². The Morgan fingerprint density at radius 2 is 2.10 bits per heavy atom. The molecule has 0 radical (unpaired) electrons. The van der Waals surface area contributed by atoms with Crippen LogP contribution in [0.2, 0.25) is 5.02 Å². The van der Waals surface area contributed by atoms with E-state index in [-0.39, 0.29) is 25.5 Å². The van der Waals surface area contributed by atoms with Gasteiger partial charge in [0.15, 0.2) is 17.5 Å². The SMILES string of the molecule is CCOC(=O)c1cn(C2(F)C=C(F)C(NCCO)=CN2)c2c(Cl)c(F)c(F)cc2c1=O. The molecule has 0 bridgehead atoms. The molecule has 1 atom stereocenters. The van der Waals surface area contributed by atoms with Crippen LogP contribution in [0.4, 0.5) is 17.6 Å². The van der Waals surface area contributed by atoms with Crippen molar-refractivity contribution in [2.45, 2.75) is 12.8 Å². The minimum atomic E-state index is -2.98. The average molecular weight is 462 g/mol. The number of ether oxygens (including phenoxy) is 1. The molecule has 0 saturated heterocycles. The number of carbonyl (C=O) groups is 1. The molecule has 12 heteroatoms. The molecule has 1 aromatic carbocycles. The van der Waals surface area contributed by atoms with Crippen molar-refractivity contribution in [3.05, 3.63) is 68.5 Å². The number of fused-ring (bicyclic) bond motifs is 1. The van der Waals surface area contributed by atoms with E-state index in [4.69, 9.17) is 21.4 Å². The first kappa shape index (κ1) is 22.6. The standard InChI is InChI=1S/C19H16ClF4N3O4/c1-2-31-18(30)10-8-27(16-9(17(10)29)5-11(21)15(23)14(16)20)19(24)6-12(22)13(7-26-19)25-3-4-28/h5-8,25-26,28H,2-4H2,1H3. The molecular formula is C19H16ClF4N3O4. The molecule has 3 rings (SSSR count). The van der Waals surface area contributed by atoms with Crippen LogP contribution in [0.25, 0.3) is 10.9 Å². The lowest BCUT2D eigenvalue weighted by Gasteiger charge is -2.31. The lowest BCUT2D eigenvalue weighted by molar-refractivity contribution is 0.0520. The molecule has 31 heavy (non-hydrogen) atoms. The van der Waals surface area contributed by atoms with Crippen molar-refractivity contribution in [1.82, 2.24) is 15.2 Å². The Bertz CT molecular complexity index is 1180. The van der Waals surface area contributed by atoms with E-state index in [2.05, 4.69) is 10.6 Å². The van der Waals surface area contributed by atoms with Gasteiger partial charge in [-0.05, 0) is 13.0 Å². The van der Waals surface area contributed by atoms with E-state index < -0.39 is 56.3 Å². The maximum atomic E-state index is 15.8. The molecule has 2 heterocycles. The third kappa shape index (κ3) is 3.98. The summed E-state index contributed by atoms with van der Waals surface area (Å²) in [6, 6.07) is 0.467. The molecular weight excluding hydrogens is 446 g/mol. The summed E-state index contributed by atoms with van der Waals surface area (Å²) in [6.45, 7) is 0.995. The van der Waals surface area contributed by atoms with E-state index in [0.29, 0.717) is 22.9 Å². The molecule has 1 aliphatic rings. The highest BCUT2D eigenvalue weighted by Crippen LogP contribution is 2.34. The Morgan fingerprint density at radius 3 is 2.71 bits per heavy atom. The summed E-state index contributed by atoms with van der Waals surface area (Å²) in [5, 5.41) is 12.0. The van der Waals surface area contributed by atoms with Gasteiger partial charge in [-0.1, -0.05) is 11.6 Å². The predicted octanol–water partition coefficient (Wildman–Crippen LogP) is 2.57. The van der Waals surface area contributed by atoms with Crippen LogP contribution in [-0.2, 0) is 10.7 Å². The van der Waals surface area contributed by atoms with E-state index >= 15 is 4.39 Å².